The summed E-state index contributed by atoms with van der Waals surface area (Å²) in [6, 6.07) is 13.3. The second-order valence-electron chi connectivity index (χ2n) is 9.30. The molecule has 3 N–H and O–H groups in total. The number of benzene rings is 1. The molecule has 0 spiro atoms. The first-order valence-electron chi connectivity index (χ1n) is 11.1. The topological polar surface area (TPSA) is 108 Å². The first-order chi connectivity index (χ1) is 16.2. The van der Waals surface area contributed by atoms with E-state index >= 15 is 0 Å². The molecule has 0 bridgehead atoms. The standard InChI is InChI=1S/C25H25ClN6O2/c1-25(2,3)34-24(33)30-18-9-6-14-13-15(7-8-16(14)18)32-22(17-5-4-12-28-21(17)27)29-19-10-11-20(26)31-23(19)32/h4-5,7-8,10-13,18H,6,9H2,1-3H3,(H2,27,28)(H,30,33)/t18-/m0/s1. The fraction of sp³-hybridized carbons (Fsp3) is 0.280. The fourth-order valence-corrected chi connectivity index (χ4v) is 4.45. The van der Waals surface area contributed by atoms with Gasteiger partial charge in [0.05, 0.1) is 11.6 Å². The molecule has 3 aromatic heterocycles. The average molecular weight is 477 g/mol. The molecule has 174 valence electrons. The van der Waals surface area contributed by atoms with Gasteiger partial charge in [0.25, 0.3) is 0 Å². The number of nitrogens with two attached hydrogens (primary N) is 1. The van der Waals surface area contributed by atoms with Gasteiger partial charge in [-0.05, 0) is 81.1 Å². The summed E-state index contributed by atoms with van der Waals surface area (Å²) in [6.45, 7) is 5.55. The van der Waals surface area contributed by atoms with E-state index in [1.54, 1.807) is 12.3 Å². The van der Waals surface area contributed by atoms with E-state index in [1.807, 2.05) is 55.7 Å². The Hall–Kier alpha value is -3.65. The van der Waals surface area contributed by atoms with Gasteiger partial charge in [-0.3, -0.25) is 4.57 Å². The van der Waals surface area contributed by atoms with Crippen LogP contribution in [0.4, 0.5) is 10.6 Å². The lowest BCUT2D eigenvalue weighted by molar-refractivity contribution is 0.0503. The molecule has 1 atom stereocenters. The summed E-state index contributed by atoms with van der Waals surface area (Å²) in [5.41, 5.74) is 10.8. The summed E-state index contributed by atoms with van der Waals surface area (Å²) >= 11 is 6.23. The lowest BCUT2D eigenvalue weighted by atomic mass is 10.1. The molecule has 0 radical (unpaired) electrons. The Morgan fingerprint density at radius 2 is 2.03 bits per heavy atom. The van der Waals surface area contributed by atoms with Crippen molar-refractivity contribution in [1.82, 2.24) is 24.8 Å². The second-order valence-corrected chi connectivity index (χ2v) is 9.69. The second kappa shape index (κ2) is 8.29. The number of halogens is 1. The van der Waals surface area contributed by atoms with Gasteiger partial charge < -0.3 is 15.8 Å². The van der Waals surface area contributed by atoms with E-state index in [-0.39, 0.29) is 6.04 Å². The van der Waals surface area contributed by atoms with E-state index in [4.69, 9.17) is 27.1 Å². The van der Waals surface area contributed by atoms with Crippen LogP contribution in [0.2, 0.25) is 5.15 Å². The maximum atomic E-state index is 12.3. The Morgan fingerprint density at radius 1 is 1.21 bits per heavy atom. The highest BCUT2D eigenvalue weighted by molar-refractivity contribution is 6.29. The van der Waals surface area contributed by atoms with E-state index in [0.717, 1.165) is 29.7 Å². The number of hydrogen-bond acceptors (Lipinski definition) is 6. The monoisotopic (exact) mass is 476 g/mol. The van der Waals surface area contributed by atoms with Crippen molar-refractivity contribution < 1.29 is 9.53 Å². The van der Waals surface area contributed by atoms with E-state index < -0.39 is 11.7 Å². The molecule has 0 saturated carbocycles. The number of carbonyl (C=O) groups is 1. The third-order valence-electron chi connectivity index (χ3n) is 5.70. The normalized spacial score (nSPS) is 15.4. The van der Waals surface area contributed by atoms with Crippen molar-refractivity contribution in [2.75, 3.05) is 5.73 Å². The summed E-state index contributed by atoms with van der Waals surface area (Å²) in [7, 11) is 0. The fourth-order valence-electron chi connectivity index (χ4n) is 4.31. The van der Waals surface area contributed by atoms with Crippen LogP contribution >= 0.6 is 11.6 Å². The summed E-state index contributed by atoms with van der Waals surface area (Å²) in [6.07, 6.45) is 2.86. The molecule has 8 nitrogen and oxygen atoms in total. The van der Waals surface area contributed by atoms with Gasteiger partial charge in [-0.15, -0.1) is 0 Å². The van der Waals surface area contributed by atoms with Crippen LogP contribution in [0.1, 0.15) is 44.4 Å². The number of alkyl carbamates (subject to hydrolysis) is 1. The molecule has 0 aliphatic heterocycles. The Morgan fingerprint density at radius 3 is 2.79 bits per heavy atom. The van der Waals surface area contributed by atoms with Crippen molar-refractivity contribution >= 4 is 34.7 Å². The van der Waals surface area contributed by atoms with Gasteiger partial charge in [-0.25, -0.2) is 19.7 Å². The number of nitrogen functional groups attached to an aromatic ring is 1. The Balaban J connectivity index is 1.57. The van der Waals surface area contributed by atoms with Crippen molar-refractivity contribution in [1.29, 1.82) is 0 Å². The zero-order valence-electron chi connectivity index (χ0n) is 19.2. The average Bonchev–Trinajstić information content (AvgIpc) is 3.33. The quantitative estimate of drug-likeness (QED) is 0.392. The first kappa shape index (κ1) is 22.2. The largest absolute Gasteiger partial charge is 0.444 e. The number of anilines is 1. The predicted octanol–water partition coefficient (Wildman–Crippen LogP) is 5.23. The molecule has 9 heteroatoms. The summed E-state index contributed by atoms with van der Waals surface area (Å²) < 4.78 is 7.38. The molecule has 34 heavy (non-hydrogen) atoms. The lowest BCUT2D eigenvalue weighted by Crippen LogP contribution is -2.34. The van der Waals surface area contributed by atoms with Gasteiger partial charge >= 0.3 is 6.09 Å². The number of hydrogen-bond donors (Lipinski definition) is 2. The Bertz CT molecular complexity index is 1410. The number of imidazole rings is 1. The highest BCUT2D eigenvalue weighted by Gasteiger charge is 2.27. The van der Waals surface area contributed by atoms with Crippen molar-refractivity contribution in [2.45, 2.75) is 45.3 Å². The molecular formula is C25H25ClN6O2. The van der Waals surface area contributed by atoms with Crippen LogP contribution in [0, 0.1) is 0 Å². The molecule has 1 aliphatic carbocycles. The van der Waals surface area contributed by atoms with E-state index in [0.29, 0.717) is 33.5 Å². The van der Waals surface area contributed by atoms with Crippen LogP contribution in [0.5, 0.6) is 0 Å². The van der Waals surface area contributed by atoms with E-state index in [9.17, 15) is 4.79 Å². The number of aromatic nitrogens is 4. The van der Waals surface area contributed by atoms with E-state index in [1.165, 1.54) is 0 Å². The molecule has 0 saturated heterocycles. The molecule has 4 aromatic rings. The number of rotatable bonds is 3. The minimum absolute atomic E-state index is 0.0977. The molecule has 0 unspecified atom stereocenters. The number of fused-ring (bicyclic) bond motifs is 2. The first-order valence-corrected chi connectivity index (χ1v) is 11.5. The third kappa shape index (κ3) is 4.17. The van der Waals surface area contributed by atoms with E-state index in [2.05, 4.69) is 21.4 Å². The number of ether oxygens (including phenoxy) is 1. The number of aryl methyl sites for hydroxylation is 1. The van der Waals surface area contributed by atoms with Gasteiger partial charge in [-0.2, -0.15) is 0 Å². The zero-order chi connectivity index (χ0) is 24.0. The van der Waals surface area contributed by atoms with Crippen LogP contribution in [-0.2, 0) is 11.2 Å². The van der Waals surface area contributed by atoms with Crippen LogP contribution < -0.4 is 11.1 Å². The minimum atomic E-state index is -0.545. The maximum absolute atomic E-state index is 12.3. The van der Waals surface area contributed by atoms with Gasteiger partial charge in [0, 0.05) is 11.9 Å². The predicted molar refractivity (Wildman–Crippen MR) is 132 cm³/mol. The molecule has 5 rings (SSSR count). The summed E-state index contributed by atoms with van der Waals surface area (Å²) in [5.74, 6) is 1.02. The van der Waals surface area contributed by atoms with Crippen molar-refractivity contribution in [2.24, 2.45) is 0 Å². The smallest absolute Gasteiger partial charge is 0.408 e. The van der Waals surface area contributed by atoms with Crippen molar-refractivity contribution in [3.8, 4) is 17.1 Å². The summed E-state index contributed by atoms with van der Waals surface area (Å²) in [5, 5.41) is 3.37. The molecule has 1 aliphatic rings. The summed E-state index contributed by atoms with van der Waals surface area (Å²) in [4.78, 5) is 25.9. The highest BCUT2D eigenvalue weighted by Crippen LogP contribution is 2.36. The molecule has 3 heterocycles. The number of carbonyl (C=O) groups excluding carboxylic acids is 1. The number of pyridine rings is 2. The van der Waals surface area contributed by atoms with Crippen LogP contribution in [0.15, 0.2) is 48.7 Å². The zero-order valence-corrected chi connectivity index (χ0v) is 19.9. The lowest BCUT2D eigenvalue weighted by Gasteiger charge is -2.22. The van der Waals surface area contributed by atoms with Crippen molar-refractivity contribution in [3.05, 3.63) is 64.9 Å². The highest BCUT2D eigenvalue weighted by atomic mass is 35.5. The van der Waals surface area contributed by atoms with Crippen molar-refractivity contribution in [3.63, 3.8) is 0 Å². The SMILES string of the molecule is CC(C)(C)OC(=O)N[C@H]1CCc2cc(-n3c(-c4cccnc4N)nc4ccc(Cl)nc43)ccc21. The van der Waals surface area contributed by atoms with Gasteiger partial charge in [0.2, 0.25) is 0 Å². The van der Waals surface area contributed by atoms with Gasteiger partial charge in [0.15, 0.2) is 11.5 Å². The Labute approximate surface area is 202 Å². The Kier molecular flexibility index (Phi) is 5.40. The van der Waals surface area contributed by atoms with Crippen LogP contribution in [0.3, 0.4) is 0 Å². The number of amides is 1. The van der Waals surface area contributed by atoms with Gasteiger partial charge in [0.1, 0.15) is 22.1 Å². The van der Waals surface area contributed by atoms with Crippen LogP contribution in [0.25, 0.3) is 28.2 Å². The number of nitrogens with one attached hydrogen (secondary N) is 1. The maximum Gasteiger partial charge on any atom is 0.408 e. The molecule has 0 fully saturated rings. The number of nitrogens with zero attached hydrogens (tertiary/aromatic N) is 4. The minimum Gasteiger partial charge on any atom is -0.444 e. The van der Waals surface area contributed by atoms with Crippen LogP contribution in [-0.4, -0.2) is 31.2 Å². The van der Waals surface area contributed by atoms with Gasteiger partial charge in [-0.1, -0.05) is 17.7 Å². The molecule has 1 aromatic carbocycles. The molecular weight excluding hydrogens is 452 g/mol. The third-order valence-corrected chi connectivity index (χ3v) is 5.91. The molecule has 1 amide bonds.